The number of benzene rings is 2. The summed E-state index contributed by atoms with van der Waals surface area (Å²) in [6.45, 7) is 9.45. The Bertz CT molecular complexity index is 1590. The van der Waals surface area contributed by atoms with Crippen molar-refractivity contribution in [2.24, 2.45) is 23.7 Å². The molecule has 3 aliphatic rings. The molecule has 2 atom stereocenters. The Morgan fingerprint density at radius 1 is 0.902 bits per heavy atom. The Morgan fingerprint density at radius 3 is 2.31 bits per heavy atom. The molecule has 1 N–H and O–H groups in total. The van der Waals surface area contributed by atoms with Crippen LogP contribution in [-0.4, -0.2) is 47.5 Å². The van der Waals surface area contributed by atoms with Crippen molar-refractivity contribution in [2.45, 2.75) is 124 Å². The molecule has 1 saturated carbocycles. The van der Waals surface area contributed by atoms with Crippen LogP contribution in [0.2, 0.25) is 0 Å². The van der Waals surface area contributed by atoms with Gasteiger partial charge in [0, 0.05) is 17.7 Å². The number of unbranched alkanes of at least 4 members (excludes halogenated alkanes) is 2. The number of allylic oxidation sites excluding steroid dienone is 2. The Hall–Kier alpha value is -3.51. The number of carbonyl (C=O) groups excluding carboxylic acids is 3. The molecule has 0 saturated heterocycles. The SMILES string of the molecule is C=C(CO)C(=O)OCCC(CCCC1CCC(C2CC=C(c3ccc4cc(CCCCC)ccc4c3)CC2)CC1)CCN1C(=O)C(C)=C(C)C1=O. The summed E-state index contributed by atoms with van der Waals surface area (Å²) in [6, 6.07) is 14.1. The lowest BCUT2D eigenvalue weighted by atomic mass is 9.70. The van der Waals surface area contributed by atoms with Gasteiger partial charge in [-0.15, -0.1) is 0 Å². The van der Waals surface area contributed by atoms with E-state index in [1.54, 1.807) is 13.8 Å². The highest BCUT2D eigenvalue weighted by atomic mass is 16.5. The normalized spacial score (nSPS) is 21.7. The van der Waals surface area contributed by atoms with E-state index < -0.39 is 12.6 Å². The fourth-order valence-electron chi connectivity index (χ4n) is 8.67. The number of aliphatic hydroxyl groups excluding tert-OH is 1. The van der Waals surface area contributed by atoms with Gasteiger partial charge in [0.2, 0.25) is 0 Å². The van der Waals surface area contributed by atoms with Crippen LogP contribution in [0.3, 0.4) is 0 Å². The van der Waals surface area contributed by atoms with Crippen LogP contribution in [0, 0.1) is 23.7 Å². The van der Waals surface area contributed by atoms with Crippen molar-refractivity contribution in [2.75, 3.05) is 19.8 Å². The Morgan fingerprint density at radius 2 is 1.63 bits per heavy atom. The molecular weight excluding hydrogens is 634 g/mol. The molecule has 2 aromatic rings. The fourth-order valence-corrected chi connectivity index (χ4v) is 8.67. The monoisotopic (exact) mass is 695 g/mol. The first-order chi connectivity index (χ1) is 24.7. The summed E-state index contributed by atoms with van der Waals surface area (Å²) in [5.41, 5.74) is 5.49. The summed E-state index contributed by atoms with van der Waals surface area (Å²) >= 11 is 0. The second-order valence-electron chi connectivity index (χ2n) is 15.7. The molecule has 1 aliphatic heterocycles. The van der Waals surface area contributed by atoms with Crippen LogP contribution >= 0.6 is 0 Å². The number of imide groups is 1. The van der Waals surface area contributed by atoms with Gasteiger partial charge in [-0.3, -0.25) is 14.5 Å². The van der Waals surface area contributed by atoms with E-state index in [0.717, 1.165) is 30.6 Å². The minimum Gasteiger partial charge on any atom is -0.462 e. The summed E-state index contributed by atoms with van der Waals surface area (Å²) in [5.74, 6) is 1.66. The molecule has 0 radical (unpaired) electrons. The van der Waals surface area contributed by atoms with Crippen molar-refractivity contribution < 1.29 is 24.2 Å². The number of hydrogen-bond acceptors (Lipinski definition) is 5. The van der Waals surface area contributed by atoms with Crippen molar-refractivity contribution in [3.8, 4) is 0 Å². The summed E-state index contributed by atoms with van der Waals surface area (Å²) < 4.78 is 5.35. The highest BCUT2D eigenvalue weighted by molar-refractivity contribution is 6.18. The first-order valence-corrected chi connectivity index (χ1v) is 19.9. The van der Waals surface area contributed by atoms with E-state index in [2.05, 4.69) is 56.0 Å². The predicted molar refractivity (Wildman–Crippen MR) is 207 cm³/mol. The van der Waals surface area contributed by atoms with Gasteiger partial charge in [0.15, 0.2) is 0 Å². The van der Waals surface area contributed by atoms with Crippen molar-refractivity contribution in [3.63, 3.8) is 0 Å². The van der Waals surface area contributed by atoms with E-state index in [4.69, 9.17) is 4.74 Å². The van der Waals surface area contributed by atoms with Crippen LogP contribution in [0.25, 0.3) is 16.3 Å². The van der Waals surface area contributed by atoms with Crippen LogP contribution in [0.1, 0.15) is 128 Å². The maximum absolute atomic E-state index is 12.6. The highest BCUT2D eigenvalue weighted by Gasteiger charge is 2.33. The lowest BCUT2D eigenvalue weighted by molar-refractivity contribution is -0.140. The average molecular weight is 696 g/mol. The molecule has 2 aromatic carbocycles. The Kier molecular flexibility index (Phi) is 14.3. The van der Waals surface area contributed by atoms with E-state index in [-0.39, 0.29) is 29.9 Å². The Balaban J connectivity index is 1.06. The summed E-state index contributed by atoms with van der Waals surface area (Å²) in [7, 11) is 0. The maximum atomic E-state index is 12.6. The molecule has 1 heterocycles. The smallest absolute Gasteiger partial charge is 0.335 e. The molecular formula is C45H61NO5. The van der Waals surface area contributed by atoms with Crippen LogP contribution in [0.5, 0.6) is 0 Å². The number of amides is 2. The number of ether oxygens (including phenoxy) is 1. The molecule has 0 aromatic heterocycles. The van der Waals surface area contributed by atoms with Crippen molar-refractivity contribution in [1.82, 2.24) is 4.90 Å². The first kappa shape index (κ1) is 38.7. The lowest BCUT2D eigenvalue weighted by Crippen LogP contribution is -2.33. The third-order valence-corrected chi connectivity index (χ3v) is 12.3. The zero-order chi connectivity index (χ0) is 36.3. The van der Waals surface area contributed by atoms with Gasteiger partial charge in [0.1, 0.15) is 0 Å². The predicted octanol–water partition coefficient (Wildman–Crippen LogP) is 9.93. The molecule has 5 rings (SSSR count). The van der Waals surface area contributed by atoms with Crippen LogP contribution in [0.15, 0.2) is 65.8 Å². The Labute approximate surface area is 306 Å². The summed E-state index contributed by atoms with van der Waals surface area (Å²) in [4.78, 5) is 38.6. The van der Waals surface area contributed by atoms with Gasteiger partial charge in [-0.05, 0) is 129 Å². The fraction of sp³-hybridized carbons (Fsp3) is 0.578. The molecule has 2 unspecified atom stereocenters. The van der Waals surface area contributed by atoms with E-state index in [1.165, 1.54) is 109 Å². The van der Waals surface area contributed by atoms with Gasteiger partial charge in [0.05, 0.1) is 18.8 Å². The zero-order valence-electron chi connectivity index (χ0n) is 31.5. The largest absolute Gasteiger partial charge is 0.462 e. The molecule has 0 spiro atoms. The van der Waals surface area contributed by atoms with Gasteiger partial charge >= 0.3 is 5.97 Å². The van der Waals surface area contributed by atoms with E-state index in [0.29, 0.717) is 30.5 Å². The molecule has 6 nitrogen and oxygen atoms in total. The maximum Gasteiger partial charge on any atom is 0.335 e. The number of hydrogen-bond donors (Lipinski definition) is 1. The number of carbonyl (C=O) groups is 3. The summed E-state index contributed by atoms with van der Waals surface area (Å²) in [6.07, 6.45) is 21.1. The van der Waals surface area contributed by atoms with Crippen molar-refractivity contribution in [1.29, 1.82) is 0 Å². The second-order valence-corrected chi connectivity index (χ2v) is 15.7. The van der Waals surface area contributed by atoms with Crippen LogP contribution in [-0.2, 0) is 25.5 Å². The third kappa shape index (κ3) is 10.3. The third-order valence-electron chi connectivity index (χ3n) is 12.3. The summed E-state index contributed by atoms with van der Waals surface area (Å²) in [5, 5.41) is 11.9. The number of nitrogens with zero attached hydrogens (tertiary/aromatic N) is 1. The van der Waals surface area contributed by atoms with E-state index >= 15 is 0 Å². The first-order valence-electron chi connectivity index (χ1n) is 19.9. The molecule has 51 heavy (non-hydrogen) atoms. The molecule has 1 fully saturated rings. The van der Waals surface area contributed by atoms with Gasteiger partial charge in [-0.2, -0.15) is 0 Å². The lowest BCUT2D eigenvalue weighted by Gasteiger charge is -2.35. The minimum atomic E-state index is -0.571. The van der Waals surface area contributed by atoms with Crippen molar-refractivity contribution in [3.05, 3.63) is 76.9 Å². The standard InChI is InChI=1S/C45H61NO5/c1-5-6-7-9-36-14-17-42-29-41(23-22-40(42)28-36)39-20-18-38(19-21-39)37-15-12-34(13-16-37)10-8-11-35(25-27-51-45(50)31(2)30-47)24-26-46-43(48)32(3)33(4)44(46)49/h14,17,20,22-23,28-29,34-35,37-38,47H,2,5-13,15-16,18-19,21,24-27,30H2,1,3-4H3. The second kappa shape index (κ2) is 18.8. The van der Waals surface area contributed by atoms with Gasteiger partial charge in [-0.25, -0.2) is 4.79 Å². The van der Waals surface area contributed by atoms with Crippen molar-refractivity contribution >= 4 is 34.1 Å². The zero-order valence-corrected chi connectivity index (χ0v) is 31.5. The average Bonchev–Trinajstić information content (AvgIpc) is 3.34. The van der Waals surface area contributed by atoms with Crippen LogP contribution < -0.4 is 0 Å². The molecule has 0 bridgehead atoms. The van der Waals surface area contributed by atoms with Crippen LogP contribution in [0.4, 0.5) is 0 Å². The molecule has 2 aliphatic carbocycles. The van der Waals surface area contributed by atoms with E-state index in [1.807, 2.05) is 0 Å². The highest BCUT2D eigenvalue weighted by Crippen LogP contribution is 2.42. The van der Waals surface area contributed by atoms with Gasteiger partial charge in [0.25, 0.3) is 11.8 Å². The number of fused-ring (bicyclic) bond motifs is 1. The van der Waals surface area contributed by atoms with E-state index in [9.17, 15) is 19.5 Å². The quantitative estimate of drug-likeness (QED) is 0.0727. The topological polar surface area (TPSA) is 83.9 Å². The molecule has 6 heteroatoms. The molecule has 276 valence electrons. The minimum absolute atomic E-state index is 0.0494. The number of aliphatic hydroxyl groups is 1. The number of rotatable bonds is 18. The molecule has 2 amide bonds. The number of aryl methyl sites for hydroxylation is 1. The van der Waals surface area contributed by atoms with Gasteiger partial charge in [-0.1, -0.05) is 94.9 Å². The van der Waals surface area contributed by atoms with Gasteiger partial charge < -0.3 is 9.84 Å². The number of esters is 1.